The van der Waals surface area contributed by atoms with E-state index in [1.807, 2.05) is 30.3 Å². The smallest absolute Gasteiger partial charge is 0.217 e. The van der Waals surface area contributed by atoms with Crippen LogP contribution >= 0.6 is 0 Å². The van der Waals surface area contributed by atoms with Crippen LogP contribution in [0.1, 0.15) is 37.8 Å². The highest BCUT2D eigenvalue weighted by Crippen LogP contribution is 2.17. The van der Waals surface area contributed by atoms with Gasteiger partial charge in [0.25, 0.3) is 0 Å². The van der Waals surface area contributed by atoms with Gasteiger partial charge in [0.05, 0.1) is 0 Å². The van der Waals surface area contributed by atoms with Crippen LogP contribution < -0.4 is 15.8 Å². The van der Waals surface area contributed by atoms with E-state index in [2.05, 4.69) is 12.2 Å². The molecule has 3 N–H and O–H groups in total. The van der Waals surface area contributed by atoms with Crippen molar-refractivity contribution in [2.24, 2.45) is 5.73 Å². The van der Waals surface area contributed by atoms with Gasteiger partial charge in [-0.3, -0.25) is 4.79 Å². The molecule has 1 aromatic carbocycles. The molecule has 0 heterocycles. The van der Waals surface area contributed by atoms with Crippen molar-refractivity contribution in [2.75, 3.05) is 13.2 Å². The van der Waals surface area contributed by atoms with Gasteiger partial charge < -0.3 is 15.8 Å². The third-order valence-corrected chi connectivity index (χ3v) is 2.98. The number of nitrogens with one attached hydrogen (secondary N) is 1. The number of carbonyl (C=O) groups excluding carboxylic acids is 1. The van der Waals surface area contributed by atoms with Gasteiger partial charge in [0.1, 0.15) is 11.8 Å². The number of hydrogen-bond acceptors (Lipinski definition) is 4. The van der Waals surface area contributed by atoms with E-state index in [9.17, 15) is 4.79 Å². The molecule has 1 unspecified atom stereocenters. The number of nitriles is 1. The summed E-state index contributed by atoms with van der Waals surface area (Å²) in [4.78, 5) is 10.6. The fraction of sp³-hybridized carbons (Fsp3) is 0.467. The zero-order chi connectivity index (χ0) is 14.8. The molecular weight excluding hydrogens is 254 g/mol. The summed E-state index contributed by atoms with van der Waals surface area (Å²) >= 11 is 0. The number of ether oxygens (including phenoxy) is 1. The molecule has 108 valence electrons. The largest absolute Gasteiger partial charge is 0.479 e. The third kappa shape index (κ3) is 6.21. The summed E-state index contributed by atoms with van der Waals surface area (Å²) < 4.78 is 5.20. The SMILES string of the molecule is CC(NCCCCC(N)=O)c1ccc(OCC#N)cc1. The molecule has 1 amide bonds. The van der Waals surface area contributed by atoms with Gasteiger partial charge in [0.15, 0.2) is 6.61 Å². The highest BCUT2D eigenvalue weighted by molar-refractivity contribution is 5.73. The monoisotopic (exact) mass is 275 g/mol. The summed E-state index contributed by atoms with van der Waals surface area (Å²) in [6.07, 6.45) is 2.19. The normalized spacial score (nSPS) is 11.6. The quantitative estimate of drug-likeness (QED) is 0.674. The number of benzene rings is 1. The minimum Gasteiger partial charge on any atom is -0.479 e. The van der Waals surface area contributed by atoms with Gasteiger partial charge >= 0.3 is 0 Å². The van der Waals surface area contributed by atoms with Gasteiger partial charge in [-0.2, -0.15) is 5.26 Å². The average Bonchev–Trinajstić information content (AvgIpc) is 2.44. The number of rotatable bonds is 9. The number of carbonyl (C=O) groups is 1. The van der Waals surface area contributed by atoms with Gasteiger partial charge in [-0.15, -0.1) is 0 Å². The van der Waals surface area contributed by atoms with Crippen molar-refractivity contribution in [1.82, 2.24) is 5.32 Å². The molecule has 5 nitrogen and oxygen atoms in total. The van der Waals surface area contributed by atoms with Crippen molar-refractivity contribution in [3.63, 3.8) is 0 Å². The highest BCUT2D eigenvalue weighted by Gasteiger charge is 2.04. The predicted molar refractivity (Wildman–Crippen MR) is 77.0 cm³/mol. The van der Waals surface area contributed by atoms with E-state index >= 15 is 0 Å². The van der Waals surface area contributed by atoms with Crippen LogP contribution in [0.15, 0.2) is 24.3 Å². The number of nitrogens with two attached hydrogens (primary N) is 1. The summed E-state index contributed by atoms with van der Waals surface area (Å²) in [5, 5.41) is 11.8. The summed E-state index contributed by atoms with van der Waals surface area (Å²) in [5.41, 5.74) is 6.24. The van der Waals surface area contributed by atoms with Crippen molar-refractivity contribution >= 4 is 5.91 Å². The van der Waals surface area contributed by atoms with Crippen LogP contribution in [0, 0.1) is 11.3 Å². The Morgan fingerprint density at radius 2 is 2.10 bits per heavy atom. The molecule has 0 aromatic heterocycles. The maximum atomic E-state index is 10.6. The number of nitrogens with zero attached hydrogens (tertiary/aromatic N) is 1. The lowest BCUT2D eigenvalue weighted by Crippen LogP contribution is -2.20. The molecule has 1 aromatic rings. The van der Waals surface area contributed by atoms with E-state index in [1.54, 1.807) is 0 Å². The van der Waals surface area contributed by atoms with Crippen molar-refractivity contribution in [2.45, 2.75) is 32.2 Å². The fourth-order valence-electron chi connectivity index (χ4n) is 1.83. The molecule has 0 aliphatic heterocycles. The Balaban J connectivity index is 2.30. The minimum absolute atomic E-state index is 0.0625. The molecular formula is C15H21N3O2. The van der Waals surface area contributed by atoms with Crippen molar-refractivity contribution in [3.05, 3.63) is 29.8 Å². The Bertz CT molecular complexity index is 451. The summed E-state index contributed by atoms with van der Waals surface area (Å²) in [6.45, 7) is 2.99. The zero-order valence-electron chi connectivity index (χ0n) is 11.8. The molecule has 0 fully saturated rings. The van der Waals surface area contributed by atoms with E-state index in [1.165, 1.54) is 0 Å². The van der Waals surface area contributed by atoms with Gasteiger partial charge in [0.2, 0.25) is 5.91 Å². The second-order valence-corrected chi connectivity index (χ2v) is 4.62. The zero-order valence-corrected chi connectivity index (χ0v) is 11.8. The lowest BCUT2D eigenvalue weighted by Gasteiger charge is -2.14. The van der Waals surface area contributed by atoms with Gasteiger partial charge in [-0.1, -0.05) is 12.1 Å². The van der Waals surface area contributed by atoms with Gasteiger partial charge in [0, 0.05) is 12.5 Å². The number of amides is 1. The summed E-state index contributed by atoms with van der Waals surface area (Å²) in [6, 6.07) is 9.84. The molecule has 0 saturated carbocycles. The Morgan fingerprint density at radius 1 is 1.40 bits per heavy atom. The van der Waals surface area contributed by atoms with Crippen LogP contribution in [0.25, 0.3) is 0 Å². The number of hydrogen-bond donors (Lipinski definition) is 2. The number of unbranched alkanes of at least 4 members (excludes halogenated alkanes) is 1. The molecule has 0 bridgehead atoms. The molecule has 1 rings (SSSR count). The predicted octanol–water partition coefficient (Wildman–Crippen LogP) is 1.90. The Labute approximate surface area is 119 Å². The molecule has 0 aliphatic carbocycles. The van der Waals surface area contributed by atoms with E-state index in [0.717, 1.165) is 24.9 Å². The highest BCUT2D eigenvalue weighted by atomic mass is 16.5. The second kappa shape index (κ2) is 8.94. The third-order valence-electron chi connectivity index (χ3n) is 2.98. The Kier molecular flexibility index (Phi) is 7.15. The molecule has 0 saturated heterocycles. The van der Waals surface area contributed by atoms with Crippen molar-refractivity contribution in [1.29, 1.82) is 5.26 Å². The summed E-state index contributed by atoms with van der Waals surface area (Å²) in [7, 11) is 0. The van der Waals surface area contributed by atoms with Crippen LogP contribution in [0.2, 0.25) is 0 Å². The van der Waals surface area contributed by atoms with Crippen LogP contribution in [-0.2, 0) is 4.79 Å². The molecule has 20 heavy (non-hydrogen) atoms. The van der Waals surface area contributed by atoms with E-state index in [4.69, 9.17) is 15.7 Å². The van der Waals surface area contributed by atoms with Crippen LogP contribution in [-0.4, -0.2) is 19.1 Å². The van der Waals surface area contributed by atoms with Crippen molar-refractivity contribution in [3.8, 4) is 11.8 Å². The van der Waals surface area contributed by atoms with E-state index in [-0.39, 0.29) is 18.6 Å². The first-order valence-corrected chi connectivity index (χ1v) is 6.75. The van der Waals surface area contributed by atoms with Gasteiger partial charge in [-0.25, -0.2) is 0 Å². The first-order chi connectivity index (χ1) is 9.63. The van der Waals surface area contributed by atoms with Crippen LogP contribution in [0.5, 0.6) is 5.75 Å². The standard InChI is InChI=1S/C15H21N3O2/c1-12(18-10-3-2-4-15(17)19)13-5-7-14(8-6-13)20-11-9-16/h5-8,12,18H,2-4,10-11H2,1H3,(H2,17,19). The van der Waals surface area contributed by atoms with E-state index in [0.29, 0.717) is 12.2 Å². The molecule has 1 atom stereocenters. The molecule has 0 radical (unpaired) electrons. The average molecular weight is 275 g/mol. The van der Waals surface area contributed by atoms with E-state index < -0.39 is 0 Å². The second-order valence-electron chi connectivity index (χ2n) is 4.62. The molecule has 0 aliphatic rings. The topological polar surface area (TPSA) is 88.1 Å². The first-order valence-electron chi connectivity index (χ1n) is 6.75. The Morgan fingerprint density at radius 3 is 2.70 bits per heavy atom. The van der Waals surface area contributed by atoms with Crippen molar-refractivity contribution < 1.29 is 9.53 Å². The molecule has 0 spiro atoms. The Hall–Kier alpha value is -2.06. The van der Waals surface area contributed by atoms with Gasteiger partial charge in [-0.05, 0) is 44.0 Å². The minimum atomic E-state index is -0.244. The lowest BCUT2D eigenvalue weighted by molar-refractivity contribution is -0.118. The first kappa shape index (κ1) is 16.0. The maximum absolute atomic E-state index is 10.6. The maximum Gasteiger partial charge on any atom is 0.217 e. The lowest BCUT2D eigenvalue weighted by atomic mass is 10.1. The number of primary amides is 1. The van der Waals surface area contributed by atoms with Crippen LogP contribution in [0.3, 0.4) is 0 Å². The van der Waals surface area contributed by atoms with Crippen LogP contribution in [0.4, 0.5) is 0 Å². The summed E-state index contributed by atoms with van der Waals surface area (Å²) in [5.74, 6) is 0.454. The molecule has 5 heteroatoms. The fourth-order valence-corrected chi connectivity index (χ4v) is 1.83.